The quantitative estimate of drug-likeness (QED) is 0.792. The fourth-order valence-corrected chi connectivity index (χ4v) is 1.92. The third-order valence-corrected chi connectivity index (χ3v) is 2.96. The lowest BCUT2D eigenvalue weighted by molar-refractivity contribution is 0.586. The predicted octanol–water partition coefficient (Wildman–Crippen LogP) is 1.72. The van der Waals surface area contributed by atoms with E-state index in [1.54, 1.807) is 0 Å². The maximum atomic E-state index is 11.7. The number of hydrogen-bond acceptors (Lipinski definition) is 3. The van der Waals surface area contributed by atoms with E-state index >= 15 is 0 Å². The second kappa shape index (κ2) is 5.35. The van der Waals surface area contributed by atoms with Gasteiger partial charge in [-0.1, -0.05) is 18.5 Å². The van der Waals surface area contributed by atoms with Crippen LogP contribution < -0.4 is 5.56 Å². The Kier molecular flexibility index (Phi) is 3.81. The summed E-state index contributed by atoms with van der Waals surface area (Å²) in [5, 5.41) is 4.66. The summed E-state index contributed by atoms with van der Waals surface area (Å²) in [4.78, 5) is 15.6. The average molecular weight is 267 g/mol. The molecule has 18 heavy (non-hydrogen) atoms. The molecule has 0 saturated carbocycles. The molecule has 0 unspecified atom stereocenters. The summed E-state index contributed by atoms with van der Waals surface area (Å²) in [6, 6.07) is 3.33. The first-order valence-electron chi connectivity index (χ1n) is 5.91. The van der Waals surface area contributed by atoms with Gasteiger partial charge in [0, 0.05) is 12.6 Å². The molecular weight excluding hydrogens is 252 g/mol. The SMILES string of the molecule is CCc1cc(Cn2cnc(Cl)cc2=O)n(CC)n1. The van der Waals surface area contributed by atoms with Crippen LogP contribution in [0.2, 0.25) is 5.15 Å². The molecule has 0 N–H and O–H groups in total. The lowest BCUT2D eigenvalue weighted by Gasteiger charge is -2.06. The van der Waals surface area contributed by atoms with E-state index in [1.807, 2.05) is 17.7 Å². The van der Waals surface area contributed by atoms with Crippen molar-refractivity contribution in [1.29, 1.82) is 0 Å². The number of aryl methyl sites for hydroxylation is 2. The van der Waals surface area contributed by atoms with E-state index in [-0.39, 0.29) is 10.7 Å². The molecule has 0 atom stereocenters. The highest BCUT2D eigenvalue weighted by molar-refractivity contribution is 6.29. The number of rotatable bonds is 4. The minimum absolute atomic E-state index is 0.156. The molecule has 2 heterocycles. The molecule has 0 amide bonds. The summed E-state index contributed by atoms with van der Waals surface area (Å²) in [6.07, 6.45) is 2.34. The van der Waals surface area contributed by atoms with Crippen LogP contribution in [0.25, 0.3) is 0 Å². The van der Waals surface area contributed by atoms with Crippen molar-refractivity contribution < 1.29 is 0 Å². The van der Waals surface area contributed by atoms with Gasteiger partial charge in [0.05, 0.1) is 24.3 Å². The van der Waals surface area contributed by atoms with Crippen LogP contribution in [0.5, 0.6) is 0 Å². The molecule has 2 aromatic heterocycles. The molecule has 0 bridgehead atoms. The van der Waals surface area contributed by atoms with Crippen LogP contribution in [0.1, 0.15) is 25.2 Å². The lowest BCUT2D eigenvalue weighted by atomic mass is 10.3. The van der Waals surface area contributed by atoms with Gasteiger partial charge < -0.3 is 0 Å². The summed E-state index contributed by atoms with van der Waals surface area (Å²) in [6.45, 7) is 5.33. The highest BCUT2D eigenvalue weighted by atomic mass is 35.5. The Morgan fingerprint density at radius 1 is 1.33 bits per heavy atom. The van der Waals surface area contributed by atoms with E-state index in [9.17, 15) is 4.79 Å². The molecule has 0 aliphatic rings. The van der Waals surface area contributed by atoms with Gasteiger partial charge in [-0.15, -0.1) is 0 Å². The number of nitrogens with zero attached hydrogens (tertiary/aromatic N) is 4. The Labute approximate surface area is 110 Å². The summed E-state index contributed by atoms with van der Waals surface area (Å²) in [5.41, 5.74) is 1.87. The van der Waals surface area contributed by atoms with Crippen molar-refractivity contribution in [3.63, 3.8) is 0 Å². The van der Waals surface area contributed by atoms with E-state index in [4.69, 9.17) is 11.6 Å². The van der Waals surface area contributed by atoms with E-state index in [2.05, 4.69) is 17.0 Å². The summed E-state index contributed by atoms with van der Waals surface area (Å²) >= 11 is 5.66. The Bertz CT molecular complexity index is 602. The summed E-state index contributed by atoms with van der Waals surface area (Å²) in [5.74, 6) is 0. The molecular formula is C12H15ClN4O. The monoisotopic (exact) mass is 266 g/mol. The highest BCUT2D eigenvalue weighted by Crippen LogP contribution is 2.07. The van der Waals surface area contributed by atoms with Crippen molar-refractivity contribution in [3.05, 3.63) is 45.4 Å². The van der Waals surface area contributed by atoms with Crippen LogP contribution >= 0.6 is 11.6 Å². The van der Waals surface area contributed by atoms with Crippen molar-refractivity contribution >= 4 is 11.6 Å². The van der Waals surface area contributed by atoms with Crippen LogP contribution in [-0.4, -0.2) is 19.3 Å². The average Bonchev–Trinajstić information content (AvgIpc) is 2.75. The summed E-state index contributed by atoms with van der Waals surface area (Å²) in [7, 11) is 0. The maximum absolute atomic E-state index is 11.7. The Morgan fingerprint density at radius 3 is 2.72 bits per heavy atom. The van der Waals surface area contributed by atoms with Gasteiger partial charge in [0.2, 0.25) is 0 Å². The summed E-state index contributed by atoms with van der Waals surface area (Å²) < 4.78 is 3.42. The van der Waals surface area contributed by atoms with Gasteiger partial charge >= 0.3 is 0 Å². The van der Waals surface area contributed by atoms with E-state index < -0.39 is 0 Å². The lowest BCUT2D eigenvalue weighted by Crippen LogP contribution is -2.21. The molecule has 0 spiro atoms. The van der Waals surface area contributed by atoms with Gasteiger partial charge in [-0.25, -0.2) is 4.98 Å². The number of halogens is 1. The van der Waals surface area contributed by atoms with Crippen molar-refractivity contribution in [3.8, 4) is 0 Å². The van der Waals surface area contributed by atoms with Crippen molar-refractivity contribution in [2.75, 3.05) is 0 Å². The van der Waals surface area contributed by atoms with Crippen LogP contribution in [0, 0.1) is 0 Å². The van der Waals surface area contributed by atoms with E-state index in [1.165, 1.54) is 17.0 Å². The van der Waals surface area contributed by atoms with Crippen LogP contribution in [0.15, 0.2) is 23.3 Å². The largest absolute Gasteiger partial charge is 0.293 e. The van der Waals surface area contributed by atoms with Crippen LogP contribution in [-0.2, 0) is 19.5 Å². The third-order valence-electron chi connectivity index (χ3n) is 2.75. The first kappa shape index (κ1) is 12.8. The topological polar surface area (TPSA) is 52.7 Å². The van der Waals surface area contributed by atoms with Crippen molar-refractivity contribution in [2.45, 2.75) is 33.4 Å². The van der Waals surface area contributed by atoms with Gasteiger partial charge in [-0.2, -0.15) is 5.10 Å². The highest BCUT2D eigenvalue weighted by Gasteiger charge is 2.07. The molecule has 0 aliphatic heterocycles. The fraction of sp³-hybridized carbons (Fsp3) is 0.417. The molecule has 0 fully saturated rings. The second-order valence-electron chi connectivity index (χ2n) is 3.97. The standard InChI is InChI=1S/C12H15ClN4O/c1-3-9-5-10(17(4-2)15-9)7-16-8-14-11(13)6-12(16)18/h5-6,8H,3-4,7H2,1-2H3. The van der Waals surface area contributed by atoms with Gasteiger partial charge in [-0.05, 0) is 19.4 Å². The molecule has 0 aliphatic carbocycles. The van der Waals surface area contributed by atoms with E-state index in [0.29, 0.717) is 6.54 Å². The molecule has 2 rings (SSSR count). The first-order chi connectivity index (χ1) is 8.63. The van der Waals surface area contributed by atoms with E-state index in [0.717, 1.165) is 24.4 Å². The van der Waals surface area contributed by atoms with Gasteiger partial charge in [0.25, 0.3) is 5.56 Å². The zero-order chi connectivity index (χ0) is 13.1. The number of aromatic nitrogens is 4. The normalized spacial score (nSPS) is 10.8. The molecule has 2 aromatic rings. The first-order valence-corrected chi connectivity index (χ1v) is 6.29. The molecule has 0 saturated heterocycles. The van der Waals surface area contributed by atoms with Crippen molar-refractivity contribution in [2.24, 2.45) is 0 Å². The fourth-order valence-electron chi connectivity index (χ4n) is 1.79. The smallest absolute Gasteiger partial charge is 0.255 e. The zero-order valence-electron chi connectivity index (χ0n) is 10.4. The molecule has 5 nitrogen and oxygen atoms in total. The Morgan fingerprint density at radius 2 is 2.11 bits per heavy atom. The zero-order valence-corrected chi connectivity index (χ0v) is 11.2. The second-order valence-corrected chi connectivity index (χ2v) is 4.36. The molecule has 0 aromatic carbocycles. The van der Waals surface area contributed by atoms with Gasteiger partial charge in [0.15, 0.2) is 0 Å². The van der Waals surface area contributed by atoms with Crippen LogP contribution in [0.3, 0.4) is 0 Å². The maximum Gasteiger partial charge on any atom is 0.255 e. The number of hydrogen-bond donors (Lipinski definition) is 0. The Balaban J connectivity index is 2.33. The minimum atomic E-state index is -0.156. The van der Waals surface area contributed by atoms with Gasteiger partial charge in [0.1, 0.15) is 5.15 Å². The van der Waals surface area contributed by atoms with Crippen molar-refractivity contribution in [1.82, 2.24) is 19.3 Å². The van der Waals surface area contributed by atoms with Crippen LogP contribution in [0.4, 0.5) is 0 Å². The predicted molar refractivity (Wildman–Crippen MR) is 69.9 cm³/mol. The molecule has 96 valence electrons. The van der Waals surface area contributed by atoms with Gasteiger partial charge in [-0.3, -0.25) is 14.0 Å². The Hall–Kier alpha value is -1.62. The third kappa shape index (κ3) is 2.61. The molecule has 6 heteroatoms. The molecule has 0 radical (unpaired) electrons. The minimum Gasteiger partial charge on any atom is -0.293 e.